The largest absolute Gasteiger partial charge is 0.368 e. The topological polar surface area (TPSA) is 55.1 Å². The van der Waals surface area contributed by atoms with Crippen LogP contribution in [0.25, 0.3) is 0 Å². The van der Waals surface area contributed by atoms with Gasteiger partial charge in [0.2, 0.25) is 5.91 Å². The number of nitrogens with one attached hydrogen (secondary N) is 1. The predicted molar refractivity (Wildman–Crippen MR) is 64.9 cm³/mol. The Balaban J connectivity index is 1.97. The van der Waals surface area contributed by atoms with Crippen LogP contribution in [0, 0.1) is 11.8 Å². The van der Waals surface area contributed by atoms with Crippen molar-refractivity contribution in [3.63, 3.8) is 0 Å². The molecule has 16 heavy (non-hydrogen) atoms. The Labute approximate surface area is 98.2 Å². The summed E-state index contributed by atoms with van der Waals surface area (Å²) in [6.45, 7) is 3.26. The van der Waals surface area contributed by atoms with Crippen LogP contribution in [-0.2, 0) is 4.79 Å². The lowest BCUT2D eigenvalue weighted by molar-refractivity contribution is -0.125. The van der Waals surface area contributed by atoms with E-state index in [1.54, 1.807) is 0 Å². The third-order valence-corrected chi connectivity index (χ3v) is 4.26. The molecule has 3 heteroatoms. The summed E-state index contributed by atoms with van der Waals surface area (Å²) in [5, 5.41) is 3.48. The average Bonchev–Trinajstić information content (AvgIpc) is 3.03. The highest BCUT2D eigenvalue weighted by molar-refractivity contribution is 5.84. The van der Waals surface area contributed by atoms with E-state index in [9.17, 15) is 4.79 Å². The monoisotopic (exact) mass is 224 g/mol. The SMILES string of the molecule is CC1CCCC(NCC2CC2)(C(N)=O)CC1. The molecule has 2 saturated carbocycles. The fourth-order valence-corrected chi connectivity index (χ4v) is 2.69. The molecule has 0 bridgehead atoms. The van der Waals surface area contributed by atoms with Crippen LogP contribution in [0.1, 0.15) is 51.9 Å². The smallest absolute Gasteiger partial charge is 0.237 e. The van der Waals surface area contributed by atoms with Crippen molar-refractivity contribution in [2.75, 3.05) is 6.54 Å². The van der Waals surface area contributed by atoms with E-state index in [2.05, 4.69) is 12.2 Å². The first-order valence-corrected chi connectivity index (χ1v) is 6.67. The van der Waals surface area contributed by atoms with E-state index in [1.165, 1.54) is 19.3 Å². The zero-order chi connectivity index (χ0) is 11.6. The number of hydrogen-bond acceptors (Lipinski definition) is 2. The first-order chi connectivity index (χ1) is 7.62. The lowest BCUT2D eigenvalue weighted by atomic mass is 9.88. The number of carbonyl (C=O) groups excluding carboxylic acids is 1. The number of primary amides is 1. The van der Waals surface area contributed by atoms with Gasteiger partial charge in [0.15, 0.2) is 0 Å². The van der Waals surface area contributed by atoms with Gasteiger partial charge in [0.25, 0.3) is 0 Å². The fraction of sp³-hybridized carbons (Fsp3) is 0.923. The van der Waals surface area contributed by atoms with Crippen LogP contribution in [0.5, 0.6) is 0 Å². The molecule has 0 aromatic carbocycles. The maximum atomic E-state index is 11.7. The molecule has 2 atom stereocenters. The van der Waals surface area contributed by atoms with E-state index in [0.29, 0.717) is 0 Å². The second-order valence-electron chi connectivity index (χ2n) is 5.81. The molecule has 0 radical (unpaired) electrons. The van der Waals surface area contributed by atoms with Crippen molar-refractivity contribution in [3.8, 4) is 0 Å². The molecule has 2 rings (SSSR count). The molecule has 0 heterocycles. The molecule has 2 unspecified atom stereocenters. The summed E-state index contributed by atoms with van der Waals surface area (Å²) in [4.78, 5) is 11.7. The summed E-state index contributed by atoms with van der Waals surface area (Å²) in [5.74, 6) is 1.41. The highest BCUT2D eigenvalue weighted by Crippen LogP contribution is 2.33. The Kier molecular flexibility index (Phi) is 3.53. The van der Waals surface area contributed by atoms with E-state index in [0.717, 1.165) is 44.1 Å². The van der Waals surface area contributed by atoms with Gasteiger partial charge in [-0.2, -0.15) is 0 Å². The van der Waals surface area contributed by atoms with E-state index < -0.39 is 5.54 Å². The van der Waals surface area contributed by atoms with Gasteiger partial charge in [-0.3, -0.25) is 4.79 Å². The summed E-state index contributed by atoms with van der Waals surface area (Å²) in [6, 6.07) is 0. The van der Waals surface area contributed by atoms with Crippen molar-refractivity contribution in [1.29, 1.82) is 0 Å². The molecule has 0 spiro atoms. The zero-order valence-electron chi connectivity index (χ0n) is 10.3. The summed E-state index contributed by atoms with van der Waals surface area (Å²) < 4.78 is 0. The van der Waals surface area contributed by atoms with Crippen molar-refractivity contribution in [1.82, 2.24) is 5.32 Å². The third kappa shape index (κ3) is 2.76. The molecule has 2 aliphatic carbocycles. The van der Waals surface area contributed by atoms with Gasteiger partial charge in [-0.25, -0.2) is 0 Å². The number of rotatable bonds is 4. The highest BCUT2D eigenvalue weighted by Gasteiger charge is 2.38. The number of amides is 1. The lowest BCUT2D eigenvalue weighted by Crippen LogP contribution is -2.55. The van der Waals surface area contributed by atoms with Crippen LogP contribution in [0.15, 0.2) is 0 Å². The summed E-state index contributed by atoms with van der Waals surface area (Å²) in [7, 11) is 0. The Hall–Kier alpha value is -0.570. The Bertz CT molecular complexity index is 263. The van der Waals surface area contributed by atoms with Crippen molar-refractivity contribution < 1.29 is 4.79 Å². The quantitative estimate of drug-likeness (QED) is 0.716. The summed E-state index contributed by atoms with van der Waals surface area (Å²) in [5.41, 5.74) is 5.23. The zero-order valence-corrected chi connectivity index (χ0v) is 10.3. The first-order valence-electron chi connectivity index (χ1n) is 6.67. The molecule has 0 saturated heterocycles. The van der Waals surface area contributed by atoms with Crippen LogP contribution >= 0.6 is 0 Å². The number of carbonyl (C=O) groups is 1. The normalized spacial score (nSPS) is 35.7. The maximum Gasteiger partial charge on any atom is 0.237 e. The molecular weight excluding hydrogens is 200 g/mol. The van der Waals surface area contributed by atoms with Gasteiger partial charge >= 0.3 is 0 Å². The molecule has 0 aromatic heterocycles. The van der Waals surface area contributed by atoms with E-state index in [1.807, 2.05) is 0 Å². The van der Waals surface area contributed by atoms with Gasteiger partial charge in [0.05, 0.1) is 5.54 Å². The second kappa shape index (κ2) is 4.74. The Morgan fingerprint density at radius 3 is 2.69 bits per heavy atom. The third-order valence-electron chi connectivity index (χ3n) is 4.26. The maximum absolute atomic E-state index is 11.7. The summed E-state index contributed by atoms with van der Waals surface area (Å²) in [6.07, 6.45) is 7.98. The molecule has 1 amide bonds. The number of hydrogen-bond donors (Lipinski definition) is 2. The van der Waals surface area contributed by atoms with Gasteiger partial charge in [-0.05, 0) is 50.5 Å². The molecule has 0 aromatic rings. The molecule has 0 aliphatic heterocycles. The van der Waals surface area contributed by atoms with Gasteiger partial charge in [0, 0.05) is 0 Å². The predicted octanol–water partition coefficient (Wildman–Crippen LogP) is 1.81. The minimum atomic E-state index is -0.395. The van der Waals surface area contributed by atoms with Crippen LogP contribution in [-0.4, -0.2) is 18.0 Å². The minimum Gasteiger partial charge on any atom is -0.368 e. The van der Waals surface area contributed by atoms with Crippen molar-refractivity contribution in [2.24, 2.45) is 17.6 Å². The lowest BCUT2D eigenvalue weighted by Gasteiger charge is -2.31. The van der Waals surface area contributed by atoms with E-state index in [4.69, 9.17) is 5.73 Å². The van der Waals surface area contributed by atoms with Crippen molar-refractivity contribution in [3.05, 3.63) is 0 Å². The molecule has 92 valence electrons. The van der Waals surface area contributed by atoms with Crippen molar-refractivity contribution in [2.45, 2.75) is 57.4 Å². The molecular formula is C13H24N2O. The van der Waals surface area contributed by atoms with Gasteiger partial charge in [0.1, 0.15) is 0 Å². The van der Waals surface area contributed by atoms with E-state index in [-0.39, 0.29) is 5.91 Å². The van der Waals surface area contributed by atoms with Gasteiger partial charge in [-0.15, -0.1) is 0 Å². The molecule has 3 N–H and O–H groups in total. The Morgan fingerprint density at radius 2 is 2.06 bits per heavy atom. The fourth-order valence-electron chi connectivity index (χ4n) is 2.69. The summed E-state index contributed by atoms with van der Waals surface area (Å²) >= 11 is 0. The van der Waals surface area contributed by atoms with Crippen LogP contribution in [0.2, 0.25) is 0 Å². The van der Waals surface area contributed by atoms with Crippen LogP contribution < -0.4 is 11.1 Å². The van der Waals surface area contributed by atoms with Gasteiger partial charge < -0.3 is 11.1 Å². The molecule has 2 aliphatic rings. The van der Waals surface area contributed by atoms with Crippen LogP contribution in [0.3, 0.4) is 0 Å². The first kappa shape index (κ1) is 11.9. The van der Waals surface area contributed by atoms with Crippen molar-refractivity contribution >= 4 is 5.91 Å². The average molecular weight is 224 g/mol. The number of nitrogens with two attached hydrogens (primary N) is 1. The Morgan fingerprint density at radius 1 is 1.31 bits per heavy atom. The standard InChI is InChI=1S/C13H24N2O/c1-10-3-2-7-13(8-6-10,12(14)16)15-9-11-4-5-11/h10-11,15H,2-9H2,1H3,(H2,14,16). The highest BCUT2D eigenvalue weighted by atomic mass is 16.1. The minimum absolute atomic E-state index is 0.137. The second-order valence-corrected chi connectivity index (χ2v) is 5.81. The van der Waals surface area contributed by atoms with Gasteiger partial charge in [-0.1, -0.05) is 19.8 Å². The molecule has 2 fully saturated rings. The van der Waals surface area contributed by atoms with E-state index >= 15 is 0 Å². The molecule has 3 nitrogen and oxygen atoms in total. The van der Waals surface area contributed by atoms with Crippen LogP contribution in [0.4, 0.5) is 0 Å².